The Kier molecular flexibility index (Phi) is 5.03. The number of hydrogen-bond acceptors (Lipinski definition) is 6. The van der Waals surface area contributed by atoms with Gasteiger partial charge in [0.1, 0.15) is 4.83 Å². The molecule has 0 aliphatic heterocycles. The molecule has 3 aromatic rings. The highest BCUT2D eigenvalue weighted by atomic mass is 32.2. The van der Waals surface area contributed by atoms with Crippen LogP contribution in [0.2, 0.25) is 0 Å². The summed E-state index contributed by atoms with van der Waals surface area (Å²) in [5.74, 6) is 1.17. The molecule has 136 valence electrons. The standard InChI is InChI=1S/C19H21N3OS3/c1-4-8-22-18(23)15-13-6-5-7-14(13)26-17(15)21-19(22)25-10-12-9-24-16(20-12)11(2)3/h4,9,11H,1,5-8,10H2,2-3H3. The maximum Gasteiger partial charge on any atom is 0.263 e. The van der Waals surface area contributed by atoms with Crippen LogP contribution in [0.25, 0.3) is 10.2 Å². The number of hydrogen-bond donors (Lipinski definition) is 0. The van der Waals surface area contributed by atoms with Gasteiger partial charge in [0.15, 0.2) is 5.16 Å². The van der Waals surface area contributed by atoms with Gasteiger partial charge in [-0.05, 0) is 24.8 Å². The number of rotatable bonds is 6. The first-order valence-corrected chi connectivity index (χ1v) is 11.5. The topological polar surface area (TPSA) is 47.8 Å². The first kappa shape index (κ1) is 17.9. The van der Waals surface area contributed by atoms with Crippen molar-refractivity contribution in [2.45, 2.75) is 56.5 Å². The maximum absolute atomic E-state index is 13.1. The Balaban J connectivity index is 1.70. The zero-order chi connectivity index (χ0) is 18.3. The molecular formula is C19H21N3OS3. The average Bonchev–Trinajstić information content (AvgIpc) is 3.30. The largest absolute Gasteiger partial charge is 0.283 e. The van der Waals surface area contributed by atoms with Gasteiger partial charge in [0.25, 0.3) is 5.56 Å². The second-order valence-electron chi connectivity index (χ2n) is 6.76. The minimum absolute atomic E-state index is 0.0814. The first-order chi connectivity index (χ1) is 12.6. The summed E-state index contributed by atoms with van der Waals surface area (Å²) >= 11 is 4.99. The van der Waals surface area contributed by atoms with E-state index in [0.29, 0.717) is 12.5 Å². The van der Waals surface area contributed by atoms with Crippen LogP contribution < -0.4 is 5.56 Å². The fraction of sp³-hybridized carbons (Fsp3) is 0.421. The third-order valence-electron chi connectivity index (χ3n) is 4.51. The van der Waals surface area contributed by atoms with Crippen LogP contribution in [-0.2, 0) is 25.1 Å². The Morgan fingerprint density at radius 1 is 1.38 bits per heavy atom. The predicted molar refractivity (Wildman–Crippen MR) is 112 cm³/mol. The molecule has 1 aliphatic rings. The number of thiophene rings is 1. The number of aromatic nitrogens is 3. The average molecular weight is 404 g/mol. The Hall–Kier alpha value is -1.44. The van der Waals surface area contributed by atoms with E-state index in [4.69, 9.17) is 9.97 Å². The molecule has 1 aliphatic carbocycles. The van der Waals surface area contributed by atoms with Crippen molar-refractivity contribution in [1.82, 2.24) is 14.5 Å². The Morgan fingerprint density at radius 3 is 2.96 bits per heavy atom. The van der Waals surface area contributed by atoms with E-state index in [9.17, 15) is 4.79 Å². The number of thioether (sulfide) groups is 1. The molecule has 0 saturated heterocycles. The van der Waals surface area contributed by atoms with Gasteiger partial charge in [-0.1, -0.05) is 31.7 Å². The molecule has 0 N–H and O–H groups in total. The van der Waals surface area contributed by atoms with E-state index in [-0.39, 0.29) is 5.56 Å². The molecule has 4 nitrogen and oxygen atoms in total. The monoisotopic (exact) mass is 403 g/mol. The number of nitrogens with zero attached hydrogens (tertiary/aromatic N) is 3. The van der Waals surface area contributed by atoms with Gasteiger partial charge in [0, 0.05) is 28.5 Å². The molecule has 0 fully saturated rings. The summed E-state index contributed by atoms with van der Waals surface area (Å²) in [4.78, 5) is 24.9. The van der Waals surface area contributed by atoms with Crippen LogP contribution in [0.5, 0.6) is 0 Å². The third kappa shape index (κ3) is 3.17. The molecule has 7 heteroatoms. The van der Waals surface area contributed by atoms with Gasteiger partial charge in [-0.2, -0.15) is 0 Å². The summed E-state index contributed by atoms with van der Waals surface area (Å²) in [5.41, 5.74) is 2.37. The molecule has 4 rings (SSSR count). The Labute approximate surface area is 165 Å². The molecule has 0 spiro atoms. The summed E-state index contributed by atoms with van der Waals surface area (Å²) in [6, 6.07) is 0. The van der Waals surface area contributed by atoms with Crippen LogP contribution in [0.4, 0.5) is 0 Å². The predicted octanol–water partition coefficient (Wildman–Crippen LogP) is 5.00. The van der Waals surface area contributed by atoms with Gasteiger partial charge in [0.05, 0.1) is 16.1 Å². The molecule has 0 radical (unpaired) electrons. The van der Waals surface area contributed by atoms with E-state index in [0.717, 1.165) is 51.1 Å². The van der Waals surface area contributed by atoms with Crippen molar-refractivity contribution in [2.24, 2.45) is 0 Å². The molecule has 0 amide bonds. The van der Waals surface area contributed by atoms with Crippen molar-refractivity contribution in [3.63, 3.8) is 0 Å². The lowest BCUT2D eigenvalue weighted by atomic mass is 10.2. The second-order valence-corrected chi connectivity index (χ2v) is 9.67. The summed E-state index contributed by atoms with van der Waals surface area (Å²) in [6.07, 6.45) is 5.00. The molecule has 0 aromatic carbocycles. The zero-order valence-electron chi connectivity index (χ0n) is 14.9. The smallest absolute Gasteiger partial charge is 0.263 e. The van der Waals surface area contributed by atoms with E-state index in [1.807, 2.05) is 0 Å². The molecule has 3 heterocycles. The fourth-order valence-electron chi connectivity index (χ4n) is 3.25. The van der Waals surface area contributed by atoms with E-state index in [1.54, 1.807) is 45.1 Å². The van der Waals surface area contributed by atoms with Gasteiger partial charge in [-0.25, -0.2) is 9.97 Å². The van der Waals surface area contributed by atoms with Crippen LogP contribution in [0.1, 0.15) is 47.3 Å². The Bertz CT molecular complexity index is 1030. The van der Waals surface area contributed by atoms with E-state index in [1.165, 1.54) is 10.4 Å². The number of aryl methyl sites for hydroxylation is 2. The van der Waals surface area contributed by atoms with Gasteiger partial charge in [0.2, 0.25) is 0 Å². The first-order valence-electron chi connectivity index (χ1n) is 8.81. The lowest BCUT2D eigenvalue weighted by molar-refractivity contribution is 0.672. The van der Waals surface area contributed by atoms with Crippen molar-refractivity contribution in [3.8, 4) is 0 Å². The second kappa shape index (κ2) is 7.29. The molecule has 26 heavy (non-hydrogen) atoms. The van der Waals surface area contributed by atoms with Crippen LogP contribution in [0, 0.1) is 0 Å². The number of allylic oxidation sites excluding steroid dienone is 1. The van der Waals surface area contributed by atoms with E-state index in [2.05, 4.69) is 25.8 Å². The van der Waals surface area contributed by atoms with Gasteiger partial charge in [-0.3, -0.25) is 9.36 Å². The van der Waals surface area contributed by atoms with Gasteiger partial charge >= 0.3 is 0 Å². The lowest BCUT2D eigenvalue weighted by Crippen LogP contribution is -2.22. The highest BCUT2D eigenvalue weighted by Gasteiger charge is 2.23. The molecule has 0 saturated carbocycles. The molecule has 3 aromatic heterocycles. The third-order valence-corrected chi connectivity index (χ3v) is 7.90. The van der Waals surface area contributed by atoms with Crippen LogP contribution >= 0.6 is 34.4 Å². The normalized spacial score (nSPS) is 13.7. The van der Waals surface area contributed by atoms with Crippen molar-refractivity contribution in [2.75, 3.05) is 0 Å². The van der Waals surface area contributed by atoms with Crippen LogP contribution in [-0.4, -0.2) is 14.5 Å². The van der Waals surface area contributed by atoms with Crippen molar-refractivity contribution in [3.05, 3.63) is 49.5 Å². The summed E-state index contributed by atoms with van der Waals surface area (Å²) in [6.45, 7) is 8.62. The van der Waals surface area contributed by atoms with Gasteiger partial charge in [-0.15, -0.1) is 29.3 Å². The Morgan fingerprint density at radius 2 is 2.23 bits per heavy atom. The summed E-state index contributed by atoms with van der Waals surface area (Å²) in [5, 5.41) is 4.87. The molecule has 0 atom stereocenters. The minimum Gasteiger partial charge on any atom is -0.283 e. The maximum atomic E-state index is 13.1. The highest BCUT2D eigenvalue weighted by Crippen LogP contribution is 2.36. The van der Waals surface area contributed by atoms with Crippen molar-refractivity contribution < 1.29 is 0 Å². The van der Waals surface area contributed by atoms with Crippen LogP contribution in [0.3, 0.4) is 0 Å². The van der Waals surface area contributed by atoms with E-state index < -0.39 is 0 Å². The molecular weight excluding hydrogens is 382 g/mol. The van der Waals surface area contributed by atoms with Crippen molar-refractivity contribution in [1.29, 1.82) is 0 Å². The van der Waals surface area contributed by atoms with Gasteiger partial charge < -0.3 is 0 Å². The SMILES string of the molecule is C=CCn1c(SCc2csc(C(C)C)n2)nc2sc3c(c2c1=O)CCC3. The number of thiazole rings is 1. The lowest BCUT2D eigenvalue weighted by Gasteiger charge is -2.10. The molecule has 0 unspecified atom stereocenters. The zero-order valence-corrected chi connectivity index (χ0v) is 17.4. The summed E-state index contributed by atoms with van der Waals surface area (Å²) < 4.78 is 1.76. The number of fused-ring (bicyclic) bond motifs is 3. The molecule has 0 bridgehead atoms. The fourth-order valence-corrected chi connectivity index (χ4v) is 6.40. The minimum atomic E-state index is 0.0814. The van der Waals surface area contributed by atoms with E-state index >= 15 is 0 Å². The quantitative estimate of drug-likeness (QED) is 0.330. The summed E-state index contributed by atoms with van der Waals surface area (Å²) in [7, 11) is 0. The van der Waals surface area contributed by atoms with Crippen molar-refractivity contribution >= 4 is 44.7 Å². The highest BCUT2D eigenvalue weighted by molar-refractivity contribution is 7.98. The van der Waals surface area contributed by atoms with Crippen LogP contribution in [0.15, 0.2) is 28.0 Å².